The molecule has 0 spiro atoms. The van der Waals surface area contributed by atoms with Gasteiger partial charge in [-0.3, -0.25) is 0 Å². The van der Waals surface area contributed by atoms with Crippen LogP contribution in [0.15, 0.2) is 6.20 Å². The van der Waals surface area contributed by atoms with E-state index in [1.165, 1.54) is 19.3 Å². The zero-order valence-electron chi connectivity index (χ0n) is 9.75. The minimum absolute atomic E-state index is 0.571. The SMILES string of the molecule is Cc1cnc(NC2CCC(C)C2)nc1C. The van der Waals surface area contributed by atoms with Crippen molar-refractivity contribution >= 4 is 5.95 Å². The Morgan fingerprint density at radius 3 is 2.73 bits per heavy atom. The first-order valence-electron chi connectivity index (χ1n) is 5.72. The molecule has 82 valence electrons. The van der Waals surface area contributed by atoms with E-state index in [2.05, 4.69) is 22.2 Å². The van der Waals surface area contributed by atoms with Crippen molar-refractivity contribution in [2.24, 2.45) is 5.92 Å². The molecule has 3 heteroatoms. The van der Waals surface area contributed by atoms with Crippen molar-refractivity contribution in [3.63, 3.8) is 0 Å². The molecule has 2 rings (SSSR count). The van der Waals surface area contributed by atoms with Crippen LogP contribution in [0, 0.1) is 19.8 Å². The van der Waals surface area contributed by atoms with Gasteiger partial charge in [-0.15, -0.1) is 0 Å². The average Bonchev–Trinajstić information content (AvgIpc) is 2.58. The largest absolute Gasteiger partial charge is 0.351 e. The van der Waals surface area contributed by atoms with E-state index >= 15 is 0 Å². The number of nitrogens with one attached hydrogen (secondary N) is 1. The van der Waals surface area contributed by atoms with E-state index in [1.807, 2.05) is 20.0 Å². The van der Waals surface area contributed by atoms with Crippen molar-refractivity contribution in [1.29, 1.82) is 0 Å². The molecular formula is C12H19N3. The molecule has 1 aliphatic rings. The Hall–Kier alpha value is -1.12. The van der Waals surface area contributed by atoms with Crippen LogP contribution in [0.4, 0.5) is 5.95 Å². The highest BCUT2D eigenvalue weighted by atomic mass is 15.1. The molecule has 1 aliphatic carbocycles. The molecule has 0 bridgehead atoms. The lowest BCUT2D eigenvalue weighted by Gasteiger charge is -2.12. The fraction of sp³-hybridized carbons (Fsp3) is 0.667. The molecule has 0 amide bonds. The summed E-state index contributed by atoms with van der Waals surface area (Å²) in [7, 11) is 0. The van der Waals surface area contributed by atoms with E-state index in [9.17, 15) is 0 Å². The second-order valence-corrected chi connectivity index (χ2v) is 4.72. The van der Waals surface area contributed by atoms with Gasteiger partial charge in [0.2, 0.25) is 5.95 Å². The number of aryl methyl sites for hydroxylation is 2. The van der Waals surface area contributed by atoms with E-state index in [-0.39, 0.29) is 0 Å². The molecule has 1 N–H and O–H groups in total. The monoisotopic (exact) mass is 205 g/mol. The van der Waals surface area contributed by atoms with E-state index in [0.717, 1.165) is 23.1 Å². The maximum Gasteiger partial charge on any atom is 0.223 e. The summed E-state index contributed by atoms with van der Waals surface area (Å²) in [6.07, 6.45) is 5.71. The van der Waals surface area contributed by atoms with Crippen LogP contribution in [0.1, 0.15) is 37.4 Å². The van der Waals surface area contributed by atoms with Crippen LogP contribution in [0.3, 0.4) is 0 Å². The molecule has 1 heterocycles. The molecule has 3 nitrogen and oxygen atoms in total. The summed E-state index contributed by atoms with van der Waals surface area (Å²) in [5, 5.41) is 3.42. The van der Waals surface area contributed by atoms with E-state index in [0.29, 0.717) is 6.04 Å². The highest BCUT2D eigenvalue weighted by Crippen LogP contribution is 2.26. The second-order valence-electron chi connectivity index (χ2n) is 4.72. The van der Waals surface area contributed by atoms with Crippen molar-refractivity contribution in [2.75, 3.05) is 5.32 Å². The molecule has 0 aliphatic heterocycles. The van der Waals surface area contributed by atoms with E-state index < -0.39 is 0 Å². The van der Waals surface area contributed by atoms with Gasteiger partial charge in [-0.1, -0.05) is 6.92 Å². The second kappa shape index (κ2) is 4.17. The van der Waals surface area contributed by atoms with Crippen molar-refractivity contribution in [1.82, 2.24) is 9.97 Å². The topological polar surface area (TPSA) is 37.8 Å². The fourth-order valence-corrected chi connectivity index (χ4v) is 2.12. The first-order chi connectivity index (χ1) is 7.15. The van der Waals surface area contributed by atoms with Gasteiger partial charge in [0.1, 0.15) is 0 Å². The van der Waals surface area contributed by atoms with Crippen LogP contribution in [0.2, 0.25) is 0 Å². The van der Waals surface area contributed by atoms with Crippen LogP contribution in [0.5, 0.6) is 0 Å². The number of rotatable bonds is 2. The van der Waals surface area contributed by atoms with Crippen molar-refractivity contribution in [3.8, 4) is 0 Å². The van der Waals surface area contributed by atoms with Gasteiger partial charge in [-0.05, 0) is 44.6 Å². The van der Waals surface area contributed by atoms with Crippen LogP contribution < -0.4 is 5.32 Å². The third-order valence-electron chi connectivity index (χ3n) is 3.25. The number of nitrogens with zero attached hydrogens (tertiary/aromatic N) is 2. The lowest BCUT2D eigenvalue weighted by Crippen LogP contribution is -2.17. The lowest BCUT2D eigenvalue weighted by atomic mass is 10.1. The third-order valence-corrected chi connectivity index (χ3v) is 3.25. The Balaban J connectivity index is 2.02. The Morgan fingerprint density at radius 1 is 1.33 bits per heavy atom. The Kier molecular flexibility index (Phi) is 2.89. The number of hydrogen-bond donors (Lipinski definition) is 1. The van der Waals surface area contributed by atoms with Gasteiger partial charge in [0.25, 0.3) is 0 Å². The maximum absolute atomic E-state index is 4.44. The molecule has 0 aromatic carbocycles. The minimum atomic E-state index is 0.571. The van der Waals surface area contributed by atoms with Crippen molar-refractivity contribution in [2.45, 2.75) is 46.1 Å². The number of hydrogen-bond acceptors (Lipinski definition) is 3. The quantitative estimate of drug-likeness (QED) is 0.806. The predicted octanol–water partition coefficient (Wildman–Crippen LogP) is 2.69. The molecule has 0 saturated heterocycles. The van der Waals surface area contributed by atoms with Gasteiger partial charge >= 0.3 is 0 Å². The summed E-state index contributed by atoms with van der Waals surface area (Å²) >= 11 is 0. The Bertz CT molecular complexity index is 349. The molecule has 1 aromatic rings. The molecule has 15 heavy (non-hydrogen) atoms. The first kappa shape index (κ1) is 10.4. The van der Waals surface area contributed by atoms with Gasteiger partial charge < -0.3 is 5.32 Å². The summed E-state index contributed by atoms with van der Waals surface area (Å²) < 4.78 is 0. The normalized spacial score (nSPS) is 25.5. The zero-order chi connectivity index (χ0) is 10.8. The van der Waals surface area contributed by atoms with Crippen LogP contribution >= 0.6 is 0 Å². The molecule has 2 unspecified atom stereocenters. The zero-order valence-corrected chi connectivity index (χ0v) is 9.75. The maximum atomic E-state index is 4.44. The summed E-state index contributed by atoms with van der Waals surface area (Å²) in [6.45, 7) is 6.37. The highest BCUT2D eigenvalue weighted by Gasteiger charge is 2.21. The molecule has 1 aromatic heterocycles. The number of aromatic nitrogens is 2. The van der Waals surface area contributed by atoms with Gasteiger partial charge in [-0.25, -0.2) is 9.97 Å². The summed E-state index contributed by atoms with van der Waals surface area (Å²) in [5.41, 5.74) is 2.22. The average molecular weight is 205 g/mol. The molecule has 2 atom stereocenters. The minimum Gasteiger partial charge on any atom is -0.351 e. The van der Waals surface area contributed by atoms with Gasteiger partial charge in [-0.2, -0.15) is 0 Å². The van der Waals surface area contributed by atoms with Gasteiger partial charge in [0, 0.05) is 17.9 Å². The van der Waals surface area contributed by atoms with Gasteiger partial charge in [0.15, 0.2) is 0 Å². The van der Waals surface area contributed by atoms with Crippen molar-refractivity contribution in [3.05, 3.63) is 17.5 Å². The predicted molar refractivity (Wildman–Crippen MR) is 61.9 cm³/mol. The van der Waals surface area contributed by atoms with Crippen molar-refractivity contribution < 1.29 is 0 Å². The fourth-order valence-electron chi connectivity index (χ4n) is 2.12. The number of anilines is 1. The lowest BCUT2D eigenvalue weighted by molar-refractivity contribution is 0.601. The molecular weight excluding hydrogens is 186 g/mol. The third kappa shape index (κ3) is 2.46. The van der Waals surface area contributed by atoms with E-state index in [1.54, 1.807) is 0 Å². The molecule has 1 fully saturated rings. The summed E-state index contributed by atoms with van der Waals surface area (Å²) in [4.78, 5) is 8.74. The van der Waals surface area contributed by atoms with E-state index in [4.69, 9.17) is 0 Å². The summed E-state index contributed by atoms with van der Waals surface area (Å²) in [6, 6.07) is 0.571. The molecule has 0 radical (unpaired) electrons. The summed E-state index contributed by atoms with van der Waals surface area (Å²) in [5.74, 6) is 1.63. The Labute approximate surface area is 91.3 Å². The highest BCUT2D eigenvalue weighted by molar-refractivity contribution is 5.29. The van der Waals surface area contributed by atoms with Crippen LogP contribution in [-0.2, 0) is 0 Å². The standard InChI is InChI=1S/C12H19N3/c1-8-4-5-11(6-8)15-12-13-7-9(2)10(3)14-12/h7-8,11H,4-6H2,1-3H3,(H,13,14,15). The van der Waals surface area contributed by atoms with Crippen LogP contribution in [0.25, 0.3) is 0 Å². The molecule has 1 saturated carbocycles. The first-order valence-corrected chi connectivity index (χ1v) is 5.72. The Morgan fingerprint density at radius 2 is 2.13 bits per heavy atom. The smallest absolute Gasteiger partial charge is 0.223 e. The van der Waals surface area contributed by atoms with Gasteiger partial charge in [0.05, 0.1) is 0 Å². The van der Waals surface area contributed by atoms with Crippen LogP contribution in [-0.4, -0.2) is 16.0 Å².